The average Bonchev–Trinajstić information content (AvgIpc) is 2.89. The van der Waals surface area contributed by atoms with Crippen molar-refractivity contribution < 1.29 is 0 Å². The van der Waals surface area contributed by atoms with Gasteiger partial charge in [-0.2, -0.15) is 5.10 Å². The summed E-state index contributed by atoms with van der Waals surface area (Å²) in [6.45, 7) is 4.22. The van der Waals surface area contributed by atoms with Crippen LogP contribution in [-0.2, 0) is 13.5 Å². The van der Waals surface area contributed by atoms with Crippen molar-refractivity contribution in [2.24, 2.45) is 7.05 Å². The SMILES string of the molecule is CCc1c(C)nn(C)c1-n1ccc2cc(Cl)ccc21. The van der Waals surface area contributed by atoms with E-state index in [-0.39, 0.29) is 0 Å². The Balaban J connectivity index is 2.30. The molecule has 1 aromatic carbocycles. The number of aryl methyl sites for hydroxylation is 2. The van der Waals surface area contributed by atoms with Crippen LogP contribution in [0.3, 0.4) is 0 Å². The Hall–Kier alpha value is -1.74. The van der Waals surface area contributed by atoms with E-state index in [0.29, 0.717) is 0 Å². The second kappa shape index (κ2) is 4.42. The molecule has 4 heteroatoms. The van der Waals surface area contributed by atoms with Crippen molar-refractivity contribution in [2.75, 3.05) is 0 Å². The molecule has 0 amide bonds. The topological polar surface area (TPSA) is 22.8 Å². The second-order valence-electron chi connectivity index (χ2n) is 4.75. The molecule has 2 aromatic heterocycles. The molecular formula is C15H16ClN3. The fourth-order valence-corrected chi connectivity index (χ4v) is 2.88. The van der Waals surface area contributed by atoms with Crippen LogP contribution in [0.4, 0.5) is 0 Å². The van der Waals surface area contributed by atoms with Crippen molar-refractivity contribution in [2.45, 2.75) is 20.3 Å². The van der Waals surface area contributed by atoms with Crippen molar-refractivity contribution in [3.63, 3.8) is 0 Å². The number of halogens is 1. The first-order valence-electron chi connectivity index (χ1n) is 6.41. The van der Waals surface area contributed by atoms with Gasteiger partial charge in [0.05, 0.1) is 11.2 Å². The zero-order valence-corrected chi connectivity index (χ0v) is 12.1. The van der Waals surface area contributed by atoms with Crippen LogP contribution >= 0.6 is 11.6 Å². The van der Waals surface area contributed by atoms with Gasteiger partial charge in [0, 0.05) is 29.2 Å². The zero-order chi connectivity index (χ0) is 13.6. The number of fused-ring (bicyclic) bond motifs is 1. The number of benzene rings is 1. The highest BCUT2D eigenvalue weighted by molar-refractivity contribution is 6.31. The van der Waals surface area contributed by atoms with E-state index in [4.69, 9.17) is 11.6 Å². The molecule has 0 aliphatic heterocycles. The van der Waals surface area contributed by atoms with Crippen LogP contribution in [0.15, 0.2) is 30.5 Å². The van der Waals surface area contributed by atoms with Crippen LogP contribution < -0.4 is 0 Å². The van der Waals surface area contributed by atoms with Gasteiger partial charge in [-0.1, -0.05) is 18.5 Å². The van der Waals surface area contributed by atoms with Crippen LogP contribution in [-0.4, -0.2) is 14.3 Å². The quantitative estimate of drug-likeness (QED) is 0.695. The molecule has 0 N–H and O–H groups in total. The Morgan fingerprint density at radius 1 is 1.26 bits per heavy atom. The van der Waals surface area contributed by atoms with E-state index >= 15 is 0 Å². The van der Waals surface area contributed by atoms with Gasteiger partial charge in [0.2, 0.25) is 0 Å². The van der Waals surface area contributed by atoms with Crippen LogP contribution in [0.1, 0.15) is 18.2 Å². The zero-order valence-electron chi connectivity index (χ0n) is 11.3. The van der Waals surface area contributed by atoms with E-state index in [1.54, 1.807) is 0 Å². The molecule has 0 radical (unpaired) electrons. The van der Waals surface area contributed by atoms with Gasteiger partial charge in [-0.15, -0.1) is 0 Å². The number of aromatic nitrogens is 3. The molecule has 0 unspecified atom stereocenters. The number of hydrogen-bond acceptors (Lipinski definition) is 1. The van der Waals surface area contributed by atoms with Gasteiger partial charge in [-0.25, -0.2) is 0 Å². The van der Waals surface area contributed by atoms with Gasteiger partial charge in [0.15, 0.2) is 0 Å². The predicted molar refractivity (Wildman–Crippen MR) is 79.2 cm³/mol. The molecule has 0 saturated heterocycles. The molecule has 0 fully saturated rings. The summed E-state index contributed by atoms with van der Waals surface area (Å²) in [5, 5.41) is 6.44. The minimum Gasteiger partial charge on any atom is -0.301 e. The summed E-state index contributed by atoms with van der Waals surface area (Å²) in [4.78, 5) is 0. The lowest BCUT2D eigenvalue weighted by atomic mass is 10.2. The first kappa shape index (κ1) is 12.3. The van der Waals surface area contributed by atoms with Crippen molar-refractivity contribution in [3.05, 3.63) is 46.7 Å². The molecule has 0 spiro atoms. The Bertz CT molecular complexity index is 752. The number of hydrogen-bond donors (Lipinski definition) is 0. The molecule has 0 bridgehead atoms. The second-order valence-corrected chi connectivity index (χ2v) is 5.19. The molecule has 98 valence electrons. The Morgan fingerprint density at radius 3 is 2.79 bits per heavy atom. The highest BCUT2D eigenvalue weighted by Crippen LogP contribution is 2.26. The van der Waals surface area contributed by atoms with Crippen molar-refractivity contribution in [1.82, 2.24) is 14.3 Å². The maximum atomic E-state index is 6.04. The monoisotopic (exact) mass is 273 g/mol. The van der Waals surface area contributed by atoms with E-state index in [9.17, 15) is 0 Å². The van der Waals surface area contributed by atoms with E-state index in [0.717, 1.165) is 33.9 Å². The minimum atomic E-state index is 0.766. The summed E-state index contributed by atoms with van der Waals surface area (Å²) in [5.74, 6) is 1.14. The Labute approximate surface area is 117 Å². The molecular weight excluding hydrogens is 258 g/mol. The third-order valence-electron chi connectivity index (χ3n) is 3.55. The van der Waals surface area contributed by atoms with Crippen LogP contribution in [0.5, 0.6) is 0 Å². The third-order valence-corrected chi connectivity index (χ3v) is 3.78. The lowest BCUT2D eigenvalue weighted by Gasteiger charge is -2.08. The van der Waals surface area contributed by atoms with Crippen LogP contribution in [0.25, 0.3) is 16.7 Å². The first-order valence-corrected chi connectivity index (χ1v) is 6.79. The Morgan fingerprint density at radius 2 is 2.05 bits per heavy atom. The molecule has 0 atom stereocenters. The molecule has 3 aromatic rings. The molecule has 2 heterocycles. The molecule has 0 aliphatic rings. The van der Waals surface area contributed by atoms with Crippen LogP contribution in [0, 0.1) is 6.92 Å². The standard InChI is InChI=1S/C15H16ClN3/c1-4-13-10(2)17-18(3)15(13)19-8-7-11-9-12(16)5-6-14(11)19/h5-9H,4H2,1-3H3. The van der Waals surface area contributed by atoms with Crippen molar-refractivity contribution in [3.8, 4) is 5.82 Å². The maximum absolute atomic E-state index is 6.04. The largest absolute Gasteiger partial charge is 0.301 e. The fourth-order valence-electron chi connectivity index (χ4n) is 2.70. The number of nitrogens with zero attached hydrogens (tertiary/aromatic N) is 3. The summed E-state index contributed by atoms with van der Waals surface area (Å²) in [6.07, 6.45) is 3.05. The van der Waals surface area contributed by atoms with Gasteiger partial charge < -0.3 is 4.57 Å². The van der Waals surface area contributed by atoms with Gasteiger partial charge in [-0.3, -0.25) is 4.68 Å². The van der Waals surface area contributed by atoms with Gasteiger partial charge in [0.1, 0.15) is 5.82 Å². The summed E-state index contributed by atoms with van der Waals surface area (Å²) in [6, 6.07) is 8.06. The fraction of sp³-hybridized carbons (Fsp3) is 0.267. The molecule has 3 rings (SSSR count). The lowest BCUT2D eigenvalue weighted by Crippen LogP contribution is -2.03. The van der Waals surface area contributed by atoms with Gasteiger partial charge in [0.25, 0.3) is 0 Å². The van der Waals surface area contributed by atoms with E-state index in [2.05, 4.69) is 41.8 Å². The van der Waals surface area contributed by atoms with Crippen molar-refractivity contribution in [1.29, 1.82) is 0 Å². The first-order chi connectivity index (χ1) is 9.11. The Kier molecular flexibility index (Phi) is 2.86. The third kappa shape index (κ3) is 1.85. The van der Waals surface area contributed by atoms with Crippen LogP contribution in [0.2, 0.25) is 5.02 Å². The predicted octanol–water partition coefficient (Wildman–Crippen LogP) is 3.89. The van der Waals surface area contributed by atoms with E-state index < -0.39 is 0 Å². The summed E-state index contributed by atoms with van der Waals surface area (Å²) < 4.78 is 4.13. The van der Waals surface area contributed by atoms with Gasteiger partial charge in [-0.05, 0) is 37.6 Å². The highest BCUT2D eigenvalue weighted by atomic mass is 35.5. The molecule has 0 saturated carbocycles. The normalized spacial score (nSPS) is 11.4. The maximum Gasteiger partial charge on any atom is 0.138 e. The van der Waals surface area contributed by atoms with E-state index in [1.165, 1.54) is 5.56 Å². The van der Waals surface area contributed by atoms with Crippen molar-refractivity contribution >= 4 is 22.5 Å². The lowest BCUT2D eigenvalue weighted by molar-refractivity contribution is 0.727. The van der Waals surface area contributed by atoms with E-state index in [1.807, 2.05) is 23.9 Å². The number of rotatable bonds is 2. The minimum absolute atomic E-state index is 0.766. The van der Waals surface area contributed by atoms with Gasteiger partial charge >= 0.3 is 0 Å². The summed E-state index contributed by atoms with van der Waals surface area (Å²) >= 11 is 6.04. The summed E-state index contributed by atoms with van der Waals surface area (Å²) in [5.41, 5.74) is 3.54. The molecule has 3 nitrogen and oxygen atoms in total. The smallest absolute Gasteiger partial charge is 0.138 e. The molecule has 0 aliphatic carbocycles. The highest BCUT2D eigenvalue weighted by Gasteiger charge is 2.14. The summed E-state index contributed by atoms with van der Waals surface area (Å²) in [7, 11) is 1.99. The average molecular weight is 274 g/mol. The molecule has 19 heavy (non-hydrogen) atoms.